The minimum atomic E-state index is 0.363. The highest BCUT2D eigenvalue weighted by molar-refractivity contribution is 7.99. The van der Waals surface area contributed by atoms with E-state index in [0.717, 1.165) is 33.9 Å². The highest BCUT2D eigenvalue weighted by atomic mass is 32.2. The number of thioether (sulfide) groups is 1. The SMILES string of the molecule is CNc1nc(C(C)C)nc(SCCC(C)C)c1C. The molecule has 18 heavy (non-hydrogen) atoms. The van der Waals surface area contributed by atoms with Crippen molar-refractivity contribution in [1.82, 2.24) is 9.97 Å². The van der Waals surface area contributed by atoms with Crippen LogP contribution in [0.15, 0.2) is 5.03 Å². The van der Waals surface area contributed by atoms with Crippen molar-refractivity contribution < 1.29 is 0 Å². The van der Waals surface area contributed by atoms with Gasteiger partial charge in [0.05, 0.1) is 0 Å². The maximum atomic E-state index is 4.69. The third-order valence-electron chi connectivity index (χ3n) is 2.81. The quantitative estimate of drug-likeness (QED) is 0.622. The van der Waals surface area contributed by atoms with Crippen LogP contribution in [0.5, 0.6) is 0 Å². The lowest BCUT2D eigenvalue weighted by molar-refractivity contribution is 0.631. The molecule has 0 saturated heterocycles. The summed E-state index contributed by atoms with van der Waals surface area (Å²) in [5, 5.41) is 4.29. The maximum absolute atomic E-state index is 4.69. The molecular formula is C14H25N3S. The van der Waals surface area contributed by atoms with Gasteiger partial charge in [-0.2, -0.15) is 0 Å². The molecule has 0 radical (unpaired) electrons. The minimum absolute atomic E-state index is 0.363. The molecule has 102 valence electrons. The number of nitrogens with one attached hydrogen (secondary N) is 1. The Morgan fingerprint density at radius 1 is 1.17 bits per heavy atom. The third-order valence-corrected chi connectivity index (χ3v) is 3.92. The second kappa shape index (κ2) is 6.98. The zero-order valence-corrected chi connectivity index (χ0v) is 13.2. The summed E-state index contributed by atoms with van der Waals surface area (Å²) in [6.07, 6.45) is 1.22. The molecule has 0 saturated carbocycles. The zero-order chi connectivity index (χ0) is 13.7. The van der Waals surface area contributed by atoms with Crippen molar-refractivity contribution in [3.63, 3.8) is 0 Å². The molecule has 1 heterocycles. The fourth-order valence-corrected chi connectivity index (χ4v) is 2.80. The molecule has 0 aromatic carbocycles. The van der Waals surface area contributed by atoms with Gasteiger partial charge in [-0.05, 0) is 25.0 Å². The third kappa shape index (κ3) is 4.16. The summed E-state index contributed by atoms with van der Waals surface area (Å²) in [5.41, 5.74) is 1.16. The van der Waals surface area contributed by atoms with Gasteiger partial charge >= 0.3 is 0 Å². The van der Waals surface area contributed by atoms with Gasteiger partial charge in [-0.3, -0.25) is 0 Å². The summed E-state index contributed by atoms with van der Waals surface area (Å²) in [6, 6.07) is 0. The summed E-state index contributed by atoms with van der Waals surface area (Å²) < 4.78 is 0. The first-order valence-electron chi connectivity index (χ1n) is 6.64. The summed E-state index contributed by atoms with van der Waals surface area (Å²) in [7, 11) is 1.92. The summed E-state index contributed by atoms with van der Waals surface area (Å²) >= 11 is 1.85. The summed E-state index contributed by atoms with van der Waals surface area (Å²) in [5.74, 6) is 4.11. The molecule has 0 aliphatic carbocycles. The van der Waals surface area contributed by atoms with Crippen LogP contribution in [0, 0.1) is 12.8 Å². The van der Waals surface area contributed by atoms with E-state index in [1.807, 2.05) is 18.8 Å². The highest BCUT2D eigenvalue weighted by Gasteiger charge is 2.12. The number of aromatic nitrogens is 2. The number of hydrogen-bond donors (Lipinski definition) is 1. The van der Waals surface area contributed by atoms with E-state index in [9.17, 15) is 0 Å². The summed E-state index contributed by atoms with van der Waals surface area (Å²) in [4.78, 5) is 9.25. The average molecular weight is 267 g/mol. The van der Waals surface area contributed by atoms with E-state index in [-0.39, 0.29) is 0 Å². The van der Waals surface area contributed by atoms with Crippen molar-refractivity contribution in [2.45, 2.75) is 52.0 Å². The smallest absolute Gasteiger partial charge is 0.134 e. The normalized spacial score (nSPS) is 11.3. The number of rotatable bonds is 6. The first-order valence-corrected chi connectivity index (χ1v) is 7.63. The molecule has 1 aromatic heterocycles. The van der Waals surface area contributed by atoms with Crippen LogP contribution >= 0.6 is 11.8 Å². The van der Waals surface area contributed by atoms with E-state index in [2.05, 4.69) is 49.9 Å². The fourth-order valence-electron chi connectivity index (χ4n) is 1.55. The molecule has 0 atom stereocenters. The van der Waals surface area contributed by atoms with Crippen LogP contribution in [0.3, 0.4) is 0 Å². The van der Waals surface area contributed by atoms with Gasteiger partial charge in [0.25, 0.3) is 0 Å². The minimum Gasteiger partial charge on any atom is -0.373 e. The standard InChI is InChI=1S/C14H25N3S/c1-9(2)7-8-18-14-11(5)13(15-6)16-12(17-14)10(3)4/h9-10H,7-8H2,1-6H3,(H,15,16,17). The van der Waals surface area contributed by atoms with E-state index in [0.29, 0.717) is 5.92 Å². The fraction of sp³-hybridized carbons (Fsp3) is 0.714. The second-order valence-corrected chi connectivity index (χ2v) is 6.38. The van der Waals surface area contributed by atoms with Crippen LogP contribution in [0.25, 0.3) is 0 Å². The molecule has 0 amide bonds. The maximum Gasteiger partial charge on any atom is 0.134 e. The Bertz CT molecular complexity index is 389. The van der Waals surface area contributed by atoms with E-state index in [1.165, 1.54) is 6.42 Å². The van der Waals surface area contributed by atoms with Crippen LogP contribution in [0.1, 0.15) is 51.4 Å². The Labute approximate surface area is 115 Å². The van der Waals surface area contributed by atoms with Crippen molar-refractivity contribution in [3.05, 3.63) is 11.4 Å². The van der Waals surface area contributed by atoms with Crippen molar-refractivity contribution in [2.75, 3.05) is 18.1 Å². The van der Waals surface area contributed by atoms with Crippen LogP contribution in [0.2, 0.25) is 0 Å². The van der Waals surface area contributed by atoms with Crippen LogP contribution < -0.4 is 5.32 Å². The molecule has 0 aliphatic rings. The molecular weight excluding hydrogens is 242 g/mol. The van der Waals surface area contributed by atoms with Crippen molar-refractivity contribution in [1.29, 1.82) is 0 Å². The zero-order valence-electron chi connectivity index (χ0n) is 12.4. The lowest BCUT2D eigenvalue weighted by Gasteiger charge is -2.13. The predicted octanol–water partition coefficient (Wildman–Crippen LogP) is 4.09. The Kier molecular flexibility index (Phi) is 5.93. The topological polar surface area (TPSA) is 37.8 Å². The monoisotopic (exact) mass is 267 g/mol. The molecule has 0 spiro atoms. The lowest BCUT2D eigenvalue weighted by atomic mass is 10.2. The second-order valence-electron chi connectivity index (χ2n) is 5.30. The number of hydrogen-bond acceptors (Lipinski definition) is 4. The molecule has 0 fully saturated rings. The number of nitrogens with zero attached hydrogens (tertiary/aromatic N) is 2. The van der Waals surface area contributed by atoms with Gasteiger partial charge in [-0.25, -0.2) is 9.97 Å². The molecule has 1 rings (SSSR count). The molecule has 0 unspecified atom stereocenters. The van der Waals surface area contributed by atoms with Gasteiger partial charge in [-0.1, -0.05) is 27.7 Å². The summed E-state index contributed by atoms with van der Waals surface area (Å²) in [6.45, 7) is 10.9. The number of anilines is 1. The van der Waals surface area contributed by atoms with Gasteiger partial charge in [0.1, 0.15) is 16.7 Å². The molecule has 4 heteroatoms. The Hall–Kier alpha value is -0.770. The Morgan fingerprint density at radius 3 is 2.33 bits per heavy atom. The first-order chi connectivity index (χ1) is 8.45. The predicted molar refractivity (Wildman–Crippen MR) is 80.6 cm³/mol. The van der Waals surface area contributed by atoms with E-state index in [1.54, 1.807) is 0 Å². The van der Waals surface area contributed by atoms with Gasteiger partial charge in [0.15, 0.2) is 0 Å². The molecule has 1 N–H and O–H groups in total. The largest absolute Gasteiger partial charge is 0.373 e. The lowest BCUT2D eigenvalue weighted by Crippen LogP contribution is -2.06. The van der Waals surface area contributed by atoms with Crippen LogP contribution in [-0.2, 0) is 0 Å². The average Bonchev–Trinajstić information content (AvgIpc) is 2.30. The van der Waals surface area contributed by atoms with Gasteiger partial charge in [0.2, 0.25) is 0 Å². The first kappa shape index (κ1) is 15.3. The van der Waals surface area contributed by atoms with E-state index >= 15 is 0 Å². The van der Waals surface area contributed by atoms with E-state index in [4.69, 9.17) is 0 Å². The van der Waals surface area contributed by atoms with Gasteiger partial charge in [0, 0.05) is 18.5 Å². The Morgan fingerprint density at radius 2 is 1.83 bits per heavy atom. The van der Waals surface area contributed by atoms with E-state index < -0.39 is 0 Å². The van der Waals surface area contributed by atoms with Crippen molar-refractivity contribution in [2.24, 2.45) is 5.92 Å². The van der Waals surface area contributed by atoms with Crippen molar-refractivity contribution in [3.8, 4) is 0 Å². The molecule has 1 aromatic rings. The highest BCUT2D eigenvalue weighted by Crippen LogP contribution is 2.27. The molecule has 0 bridgehead atoms. The van der Waals surface area contributed by atoms with Crippen molar-refractivity contribution >= 4 is 17.6 Å². The molecule has 3 nitrogen and oxygen atoms in total. The van der Waals surface area contributed by atoms with Gasteiger partial charge in [-0.15, -0.1) is 11.8 Å². The van der Waals surface area contributed by atoms with Crippen LogP contribution in [0.4, 0.5) is 5.82 Å². The molecule has 0 aliphatic heterocycles. The van der Waals surface area contributed by atoms with Gasteiger partial charge < -0.3 is 5.32 Å². The Balaban J connectivity index is 2.91. The van der Waals surface area contributed by atoms with Crippen LogP contribution in [-0.4, -0.2) is 22.8 Å².